The zero-order valence-corrected chi connectivity index (χ0v) is 11.7. The van der Waals surface area contributed by atoms with E-state index in [1.807, 2.05) is 0 Å². The second-order valence-corrected chi connectivity index (χ2v) is 4.82. The summed E-state index contributed by atoms with van der Waals surface area (Å²) in [7, 11) is 0. The summed E-state index contributed by atoms with van der Waals surface area (Å²) >= 11 is 3.24. The Hall–Kier alpha value is -0.940. The number of hydrogen-bond donors (Lipinski definition) is 1. The molecule has 5 heteroatoms. The Bertz CT molecular complexity index is 369. The average molecular weight is 301 g/mol. The first-order chi connectivity index (χ1) is 8.11. The third kappa shape index (κ3) is 5.28. The van der Waals surface area contributed by atoms with Crippen molar-refractivity contribution in [2.75, 3.05) is 19.8 Å². The van der Waals surface area contributed by atoms with Crippen molar-refractivity contribution >= 4 is 21.8 Å². The normalized spacial score (nSPS) is 10.6. The predicted molar refractivity (Wildman–Crippen MR) is 69.9 cm³/mol. The summed E-state index contributed by atoms with van der Waals surface area (Å²) in [6, 6.07) is 3.45. The zero-order valence-electron chi connectivity index (χ0n) is 10.1. The summed E-state index contributed by atoms with van der Waals surface area (Å²) in [4.78, 5) is 15.7. The number of nitrogens with one attached hydrogen (secondary N) is 1. The molecule has 0 fully saturated rings. The number of rotatable bonds is 6. The molecule has 0 saturated carbocycles. The topological polar surface area (TPSA) is 51.2 Å². The summed E-state index contributed by atoms with van der Waals surface area (Å²) in [5.41, 5.74) is 0.538. The monoisotopic (exact) mass is 300 g/mol. The fraction of sp³-hybridized carbons (Fsp3) is 0.500. The maximum Gasteiger partial charge on any atom is 0.254 e. The number of hydrogen-bond acceptors (Lipinski definition) is 3. The van der Waals surface area contributed by atoms with Crippen molar-refractivity contribution in [2.45, 2.75) is 13.8 Å². The minimum absolute atomic E-state index is 0.141. The summed E-state index contributed by atoms with van der Waals surface area (Å²) in [5.74, 6) is 0.372. The number of carbonyl (C=O) groups excluding carboxylic acids is 1. The summed E-state index contributed by atoms with van der Waals surface area (Å²) in [5, 5.41) is 2.78. The Balaban J connectivity index is 2.29. The summed E-state index contributed by atoms with van der Waals surface area (Å²) in [6.45, 7) is 5.93. The first kappa shape index (κ1) is 14.1. The third-order valence-electron chi connectivity index (χ3n) is 1.99. The molecule has 0 aromatic carbocycles. The fourth-order valence-corrected chi connectivity index (χ4v) is 1.64. The van der Waals surface area contributed by atoms with Crippen LogP contribution in [0.2, 0.25) is 0 Å². The number of amides is 1. The van der Waals surface area contributed by atoms with Crippen LogP contribution < -0.4 is 5.32 Å². The van der Waals surface area contributed by atoms with Gasteiger partial charge in [0.25, 0.3) is 5.91 Å². The Labute approximate surface area is 110 Å². The molecule has 0 bridgehead atoms. The van der Waals surface area contributed by atoms with Gasteiger partial charge in [0.15, 0.2) is 0 Å². The van der Waals surface area contributed by atoms with Gasteiger partial charge >= 0.3 is 0 Å². The van der Waals surface area contributed by atoms with Crippen molar-refractivity contribution in [1.29, 1.82) is 0 Å². The van der Waals surface area contributed by atoms with Gasteiger partial charge in [-0.25, -0.2) is 4.98 Å². The van der Waals surface area contributed by atoms with Crippen LogP contribution in [0.3, 0.4) is 0 Å². The minimum atomic E-state index is -0.141. The van der Waals surface area contributed by atoms with Crippen LogP contribution in [-0.2, 0) is 4.74 Å². The molecule has 1 rings (SSSR count). The number of pyridine rings is 1. The molecule has 1 aromatic rings. The smallest absolute Gasteiger partial charge is 0.254 e. The molecule has 1 heterocycles. The molecule has 94 valence electrons. The molecule has 1 N–H and O–H groups in total. The van der Waals surface area contributed by atoms with E-state index in [-0.39, 0.29) is 5.91 Å². The van der Waals surface area contributed by atoms with Gasteiger partial charge in [-0.05, 0) is 34.0 Å². The summed E-state index contributed by atoms with van der Waals surface area (Å²) in [6.07, 6.45) is 1.63. The van der Waals surface area contributed by atoms with Gasteiger partial charge in [-0.3, -0.25) is 4.79 Å². The molecule has 0 spiro atoms. The van der Waals surface area contributed by atoms with Crippen molar-refractivity contribution < 1.29 is 9.53 Å². The first-order valence-corrected chi connectivity index (χ1v) is 6.37. The fourth-order valence-electron chi connectivity index (χ4n) is 1.21. The lowest BCUT2D eigenvalue weighted by atomic mass is 10.2. The van der Waals surface area contributed by atoms with E-state index in [4.69, 9.17) is 4.74 Å². The zero-order chi connectivity index (χ0) is 12.7. The molecular weight excluding hydrogens is 284 g/mol. The van der Waals surface area contributed by atoms with E-state index in [2.05, 4.69) is 40.1 Å². The van der Waals surface area contributed by atoms with Crippen LogP contribution in [0.15, 0.2) is 22.9 Å². The number of carbonyl (C=O) groups is 1. The minimum Gasteiger partial charge on any atom is -0.379 e. The van der Waals surface area contributed by atoms with Gasteiger partial charge in [0.2, 0.25) is 0 Å². The lowest BCUT2D eigenvalue weighted by Crippen LogP contribution is -2.28. The molecule has 0 saturated heterocycles. The van der Waals surface area contributed by atoms with E-state index in [0.29, 0.717) is 35.8 Å². The highest BCUT2D eigenvalue weighted by Crippen LogP contribution is 2.11. The van der Waals surface area contributed by atoms with Crippen LogP contribution in [0.4, 0.5) is 0 Å². The number of aromatic nitrogens is 1. The van der Waals surface area contributed by atoms with E-state index >= 15 is 0 Å². The van der Waals surface area contributed by atoms with Gasteiger partial charge in [-0.2, -0.15) is 0 Å². The molecule has 0 aliphatic carbocycles. The van der Waals surface area contributed by atoms with Crippen LogP contribution in [0.1, 0.15) is 24.2 Å². The lowest BCUT2D eigenvalue weighted by Gasteiger charge is -2.08. The molecular formula is C12H17BrN2O2. The van der Waals surface area contributed by atoms with Crippen molar-refractivity contribution in [3.8, 4) is 0 Å². The predicted octanol–water partition coefficient (Wildman–Crippen LogP) is 2.25. The van der Waals surface area contributed by atoms with Crippen LogP contribution in [0, 0.1) is 5.92 Å². The number of ether oxygens (including phenoxy) is 1. The van der Waals surface area contributed by atoms with Crippen LogP contribution in [-0.4, -0.2) is 30.6 Å². The summed E-state index contributed by atoms with van der Waals surface area (Å²) < 4.78 is 5.93. The standard InChI is InChI=1S/C12H17BrN2O2/c1-9(2)8-17-7-6-15-12(16)10-4-3-5-14-11(10)13/h3-5,9H,6-8H2,1-2H3,(H,15,16). The van der Waals surface area contributed by atoms with Crippen LogP contribution in [0.5, 0.6) is 0 Å². The highest BCUT2D eigenvalue weighted by Gasteiger charge is 2.08. The van der Waals surface area contributed by atoms with E-state index in [0.717, 1.165) is 0 Å². The first-order valence-electron chi connectivity index (χ1n) is 5.57. The lowest BCUT2D eigenvalue weighted by molar-refractivity contribution is 0.0885. The van der Waals surface area contributed by atoms with E-state index in [1.54, 1.807) is 18.3 Å². The molecule has 1 amide bonds. The van der Waals surface area contributed by atoms with Gasteiger partial charge in [-0.1, -0.05) is 13.8 Å². The number of halogens is 1. The maximum absolute atomic E-state index is 11.7. The Morgan fingerprint density at radius 2 is 2.35 bits per heavy atom. The largest absolute Gasteiger partial charge is 0.379 e. The van der Waals surface area contributed by atoms with Crippen LogP contribution in [0.25, 0.3) is 0 Å². The van der Waals surface area contributed by atoms with E-state index < -0.39 is 0 Å². The molecule has 4 nitrogen and oxygen atoms in total. The van der Waals surface area contributed by atoms with E-state index in [9.17, 15) is 4.79 Å². The molecule has 0 atom stereocenters. The van der Waals surface area contributed by atoms with Crippen molar-refractivity contribution in [1.82, 2.24) is 10.3 Å². The van der Waals surface area contributed by atoms with Crippen molar-refractivity contribution in [3.63, 3.8) is 0 Å². The molecule has 0 unspecified atom stereocenters. The Morgan fingerprint density at radius 1 is 1.59 bits per heavy atom. The molecule has 17 heavy (non-hydrogen) atoms. The molecule has 0 radical (unpaired) electrons. The van der Waals surface area contributed by atoms with Crippen LogP contribution >= 0.6 is 15.9 Å². The van der Waals surface area contributed by atoms with Gasteiger partial charge < -0.3 is 10.1 Å². The van der Waals surface area contributed by atoms with Crippen molar-refractivity contribution in [2.24, 2.45) is 5.92 Å². The van der Waals surface area contributed by atoms with Gasteiger partial charge in [0, 0.05) is 19.3 Å². The second-order valence-electron chi connectivity index (χ2n) is 4.07. The molecule has 0 aliphatic heterocycles. The highest BCUT2D eigenvalue weighted by atomic mass is 79.9. The SMILES string of the molecule is CC(C)COCCNC(=O)c1cccnc1Br. The third-order valence-corrected chi connectivity index (χ3v) is 2.62. The quantitative estimate of drug-likeness (QED) is 0.647. The highest BCUT2D eigenvalue weighted by molar-refractivity contribution is 9.10. The molecule has 1 aromatic heterocycles. The van der Waals surface area contributed by atoms with E-state index in [1.165, 1.54) is 0 Å². The van der Waals surface area contributed by atoms with Crippen molar-refractivity contribution in [3.05, 3.63) is 28.5 Å². The van der Waals surface area contributed by atoms with Gasteiger partial charge in [0.1, 0.15) is 4.60 Å². The van der Waals surface area contributed by atoms with Gasteiger partial charge in [-0.15, -0.1) is 0 Å². The second kappa shape index (κ2) is 7.40. The Morgan fingerprint density at radius 3 is 3.00 bits per heavy atom. The maximum atomic E-state index is 11.7. The average Bonchev–Trinajstić information content (AvgIpc) is 2.28. The molecule has 0 aliphatic rings. The number of nitrogens with zero attached hydrogens (tertiary/aromatic N) is 1. The van der Waals surface area contributed by atoms with Gasteiger partial charge in [0.05, 0.1) is 12.2 Å². The Kier molecular flexibility index (Phi) is 6.15.